The molecule has 1 saturated heterocycles. The van der Waals surface area contributed by atoms with Crippen LogP contribution in [0.25, 0.3) is 17.8 Å². The molecule has 0 amide bonds. The first-order chi connectivity index (χ1) is 15.9. The van der Waals surface area contributed by atoms with E-state index >= 15 is 0 Å². The van der Waals surface area contributed by atoms with Gasteiger partial charge in [0.25, 0.3) is 5.56 Å². The van der Waals surface area contributed by atoms with E-state index in [1.54, 1.807) is 16.8 Å². The van der Waals surface area contributed by atoms with Crippen LogP contribution in [0.1, 0.15) is 51.2 Å². The third-order valence-electron chi connectivity index (χ3n) is 5.24. The maximum Gasteiger partial charge on any atom is 0.255 e. The molecule has 1 atom stereocenters. The summed E-state index contributed by atoms with van der Waals surface area (Å²) in [6, 6.07) is 19.0. The highest BCUT2D eigenvalue weighted by molar-refractivity contribution is 5.69. The van der Waals surface area contributed by atoms with Crippen molar-refractivity contribution in [2.75, 3.05) is 6.61 Å². The van der Waals surface area contributed by atoms with Crippen molar-refractivity contribution in [3.63, 3.8) is 0 Å². The summed E-state index contributed by atoms with van der Waals surface area (Å²) in [7, 11) is 0. The molecule has 0 radical (unpaired) electrons. The summed E-state index contributed by atoms with van der Waals surface area (Å²) >= 11 is 0. The Hall–Kier alpha value is -3.31. The van der Waals surface area contributed by atoms with Crippen LogP contribution in [0.2, 0.25) is 0 Å². The zero-order valence-corrected chi connectivity index (χ0v) is 19.5. The van der Waals surface area contributed by atoms with Gasteiger partial charge in [0, 0.05) is 24.4 Å². The molecule has 5 heteroatoms. The first kappa shape index (κ1) is 22.9. The number of nitrogens with zero attached hydrogens (tertiary/aromatic N) is 1. The summed E-state index contributed by atoms with van der Waals surface area (Å²) in [5.41, 5.74) is 2.37. The monoisotopic (exact) mass is 445 g/mol. The minimum Gasteiger partial charge on any atom is -0.488 e. The fourth-order valence-electron chi connectivity index (χ4n) is 3.65. The largest absolute Gasteiger partial charge is 0.488 e. The lowest BCUT2D eigenvalue weighted by Gasteiger charge is -2.23. The molecule has 2 heterocycles. The number of aromatic nitrogens is 1. The smallest absolute Gasteiger partial charge is 0.255 e. The first-order valence-electron chi connectivity index (χ1n) is 11.4. The topological polar surface area (TPSA) is 49.7 Å². The molecule has 1 aliphatic rings. The van der Waals surface area contributed by atoms with Gasteiger partial charge in [0.15, 0.2) is 6.29 Å². The van der Waals surface area contributed by atoms with E-state index in [0.29, 0.717) is 0 Å². The van der Waals surface area contributed by atoms with Crippen LogP contribution in [0.3, 0.4) is 0 Å². The number of hydrogen-bond acceptors (Lipinski definition) is 4. The van der Waals surface area contributed by atoms with Crippen molar-refractivity contribution < 1.29 is 14.2 Å². The number of benzene rings is 2. The Labute approximate surface area is 195 Å². The van der Waals surface area contributed by atoms with Gasteiger partial charge in [-0.15, -0.1) is 0 Å². The van der Waals surface area contributed by atoms with Gasteiger partial charge in [0.2, 0.25) is 0 Å². The predicted octanol–water partition coefficient (Wildman–Crippen LogP) is 6.09. The van der Waals surface area contributed by atoms with Gasteiger partial charge >= 0.3 is 0 Å². The lowest BCUT2D eigenvalue weighted by molar-refractivity contribution is -0.105. The van der Waals surface area contributed by atoms with Crippen molar-refractivity contribution >= 4 is 12.2 Å². The molecular weight excluding hydrogens is 414 g/mol. The van der Waals surface area contributed by atoms with Crippen LogP contribution < -0.4 is 15.0 Å². The van der Waals surface area contributed by atoms with Crippen molar-refractivity contribution in [2.24, 2.45) is 0 Å². The fourth-order valence-corrected chi connectivity index (χ4v) is 3.65. The van der Waals surface area contributed by atoms with Gasteiger partial charge < -0.3 is 14.2 Å². The maximum atomic E-state index is 12.7. The second-order valence-corrected chi connectivity index (χ2v) is 9.19. The Morgan fingerprint density at radius 2 is 1.61 bits per heavy atom. The maximum absolute atomic E-state index is 12.7. The van der Waals surface area contributed by atoms with E-state index in [0.717, 1.165) is 54.2 Å². The molecule has 0 spiro atoms. The lowest BCUT2D eigenvalue weighted by atomic mass is 10.1. The number of hydrogen-bond donors (Lipinski definition) is 0. The second kappa shape index (κ2) is 10.1. The lowest BCUT2D eigenvalue weighted by Crippen LogP contribution is -2.25. The minimum atomic E-state index is -0.224. The van der Waals surface area contributed by atoms with E-state index in [2.05, 4.69) is 0 Å². The van der Waals surface area contributed by atoms with Gasteiger partial charge in [-0.25, -0.2) is 0 Å². The summed E-state index contributed by atoms with van der Waals surface area (Å²) in [4.78, 5) is 12.7. The van der Waals surface area contributed by atoms with E-state index in [-0.39, 0.29) is 17.5 Å². The van der Waals surface area contributed by atoms with E-state index in [4.69, 9.17) is 14.2 Å². The zero-order valence-electron chi connectivity index (χ0n) is 19.5. The third kappa shape index (κ3) is 6.59. The van der Waals surface area contributed by atoms with E-state index in [1.807, 2.05) is 87.5 Å². The molecule has 0 saturated carbocycles. The van der Waals surface area contributed by atoms with Crippen LogP contribution >= 0.6 is 0 Å². The van der Waals surface area contributed by atoms with Gasteiger partial charge in [-0.2, -0.15) is 0 Å². The third-order valence-corrected chi connectivity index (χ3v) is 5.24. The van der Waals surface area contributed by atoms with Gasteiger partial charge in [0.1, 0.15) is 17.1 Å². The molecule has 1 unspecified atom stereocenters. The summed E-state index contributed by atoms with van der Waals surface area (Å²) < 4.78 is 19.0. The molecule has 3 aromatic rings. The quantitative estimate of drug-likeness (QED) is 0.461. The van der Waals surface area contributed by atoms with Crippen molar-refractivity contribution in [2.45, 2.75) is 51.9 Å². The average molecular weight is 446 g/mol. The summed E-state index contributed by atoms with van der Waals surface area (Å²) in [6.07, 6.45) is 8.65. The fraction of sp³-hybridized carbons (Fsp3) is 0.321. The van der Waals surface area contributed by atoms with Gasteiger partial charge in [0.05, 0.1) is 6.61 Å². The van der Waals surface area contributed by atoms with Crippen LogP contribution in [-0.4, -0.2) is 23.1 Å². The molecule has 5 nitrogen and oxygen atoms in total. The normalized spacial score (nSPS) is 16.6. The highest BCUT2D eigenvalue weighted by Crippen LogP contribution is 2.21. The van der Waals surface area contributed by atoms with Crippen LogP contribution in [-0.2, 0) is 4.74 Å². The molecule has 0 N–H and O–H groups in total. The molecule has 172 valence electrons. The van der Waals surface area contributed by atoms with Crippen molar-refractivity contribution in [1.29, 1.82) is 0 Å². The number of ether oxygens (including phenoxy) is 3. The van der Waals surface area contributed by atoms with Crippen LogP contribution in [0.15, 0.2) is 71.7 Å². The Bertz CT molecular complexity index is 1130. The van der Waals surface area contributed by atoms with E-state index in [1.165, 1.54) is 0 Å². The van der Waals surface area contributed by atoms with Crippen molar-refractivity contribution in [3.05, 3.63) is 88.3 Å². The molecule has 1 aromatic heterocycles. The van der Waals surface area contributed by atoms with Crippen LogP contribution in [0, 0.1) is 0 Å². The molecule has 1 aliphatic heterocycles. The highest BCUT2D eigenvalue weighted by atomic mass is 16.7. The van der Waals surface area contributed by atoms with Gasteiger partial charge in [-0.05, 0) is 87.2 Å². The molecule has 4 rings (SSSR count). The summed E-state index contributed by atoms with van der Waals surface area (Å²) in [6.45, 7) is 6.82. The molecule has 0 bridgehead atoms. The number of pyridine rings is 1. The molecule has 2 aromatic carbocycles. The van der Waals surface area contributed by atoms with Gasteiger partial charge in [-0.1, -0.05) is 24.3 Å². The molecule has 1 fully saturated rings. The van der Waals surface area contributed by atoms with Crippen LogP contribution in [0.5, 0.6) is 11.5 Å². The van der Waals surface area contributed by atoms with Crippen molar-refractivity contribution in [1.82, 2.24) is 4.57 Å². The average Bonchev–Trinajstić information content (AvgIpc) is 2.79. The summed E-state index contributed by atoms with van der Waals surface area (Å²) in [5.74, 6) is 1.59. The predicted molar refractivity (Wildman–Crippen MR) is 132 cm³/mol. The molecule has 0 aliphatic carbocycles. The molecule has 33 heavy (non-hydrogen) atoms. The van der Waals surface area contributed by atoms with Crippen LogP contribution in [0.4, 0.5) is 0 Å². The van der Waals surface area contributed by atoms with Gasteiger partial charge in [-0.3, -0.25) is 9.36 Å². The Kier molecular flexibility index (Phi) is 6.99. The SMILES string of the molecule is CC(C)(C)Oc1ccc(C=Cc2ccn(-c3ccc(OC4CCCCO4)cc3)c(=O)c2)cc1. The highest BCUT2D eigenvalue weighted by Gasteiger charge is 2.15. The number of rotatable bonds is 6. The Morgan fingerprint density at radius 1 is 0.909 bits per heavy atom. The second-order valence-electron chi connectivity index (χ2n) is 9.19. The van der Waals surface area contributed by atoms with Crippen molar-refractivity contribution in [3.8, 4) is 17.2 Å². The van der Waals surface area contributed by atoms with E-state index in [9.17, 15) is 4.79 Å². The first-order valence-corrected chi connectivity index (χ1v) is 11.4. The summed E-state index contributed by atoms with van der Waals surface area (Å²) in [5, 5.41) is 0. The molecular formula is C28H31NO4. The van der Waals surface area contributed by atoms with E-state index < -0.39 is 0 Å². The zero-order chi connectivity index (χ0) is 23.3. The standard InChI is InChI=1S/C28H31NO4/c1-28(2,3)33-25-13-9-21(10-14-25)7-8-22-17-18-29(26(30)20-22)23-11-15-24(16-12-23)32-27-6-4-5-19-31-27/h7-18,20,27H,4-6,19H2,1-3H3. The Morgan fingerprint density at radius 3 is 2.24 bits per heavy atom. The Balaban J connectivity index is 1.41. The minimum absolute atomic E-state index is 0.0876.